The number of aromatic nitrogens is 4. The van der Waals surface area contributed by atoms with Crippen LogP contribution in [0.3, 0.4) is 0 Å². The van der Waals surface area contributed by atoms with E-state index in [0.29, 0.717) is 17.0 Å². The first-order valence-corrected chi connectivity index (χ1v) is 7.26. The number of benzene rings is 2. The van der Waals surface area contributed by atoms with Crippen LogP contribution in [0.25, 0.3) is 16.8 Å². The maximum atomic E-state index is 12.1. The summed E-state index contributed by atoms with van der Waals surface area (Å²) >= 11 is 0. The lowest BCUT2D eigenvalue weighted by molar-refractivity contribution is 0.0440. The summed E-state index contributed by atoms with van der Waals surface area (Å²) in [6, 6.07) is 14.3. The molecule has 2 aromatic carbocycles. The Morgan fingerprint density at radius 1 is 1.12 bits per heavy atom. The first-order valence-electron chi connectivity index (χ1n) is 7.26. The highest BCUT2D eigenvalue weighted by Gasteiger charge is 2.11. The molecular weight excluding hydrogens is 308 g/mol. The van der Waals surface area contributed by atoms with E-state index in [2.05, 4.69) is 15.1 Å². The average molecular weight is 320 g/mol. The van der Waals surface area contributed by atoms with Crippen molar-refractivity contribution in [2.45, 2.75) is 6.61 Å². The quantitative estimate of drug-likeness (QED) is 0.538. The minimum Gasteiger partial charge on any atom is -0.452 e. The van der Waals surface area contributed by atoms with Crippen molar-refractivity contribution in [2.24, 2.45) is 0 Å². The Hall–Kier alpha value is -3.48. The Bertz CT molecular complexity index is 942. The first-order chi connectivity index (χ1) is 11.8. The molecule has 0 saturated carbocycles. The van der Waals surface area contributed by atoms with Gasteiger partial charge >= 0.3 is 5.97 Å². The van der Waals surface area contributed by atoms with E-state index < -0.39 is 5.97 Å². The van der Waals surface area contributed by atoms with Gasteiger partial charge in [-0.25, -0.2) is 19.4 Å². The van der Waals surface area contributed by atoms with Crippen LogP contribution >= 0.6 is 0 Å². The van der Waals surface area contributed by atoms with Crippen molar-refractivity contribution in [1.82, 2.24) is 19.7 Å². The molecular formula is C17H12N4O3. The number of carbonyl (C=O) groups excluding carboxylic acids is 1. The first kappa shape index (κ1) is 14.1. The predicted octanol–water partition coefficient (Wildman–Crippen LogP) is 2.77. The monoisotopic (exact) mass is 320 g/mol. The largest absolute Gasteiger partial charge is 0.452 e. The molecule has 24 heavy (non-hydrogen) atoms. The number of hydrogen-bond acceptors (Lipinski definition) is 6. The standard InChI is InChI=1S/C17H12N4O3/c22-17(12-5-7-13(8-6-12)21-11-18-10-19-21)23-9-16-20-14-3-1-2-4-15(14)24-16/h1-8,10-11H,9H2. The highest BCUT2D eigenvalue weighted by Crippen LogP contribution is 2.16. The van der Waals surface area contributed by atoms with Gasteiger partial charge < -0.3 is 9.15 Å². The second-order valence-electron chi connectivity index (χ2n) is 5.04. The fraction of sp³-hybridized carbons (Fsp3) is 0.0588. The molecule has 2 heterocycles. The van der Waals surface area contributed by atoms with E-state index in [4.69, 9.17) is 9.15 Å². The highest BCUT2D eigenvalue weighted by molar-refractivity contribution is 5.89. The van der Waals surface area contributed by atoms with Crippen LogP contribution in [0.5, 0.6) is 0 Å². The van der Waals surface area contributed by atoms with Gasteiger partial charge in [0, 0.05) is 0 Å². The molecule has 7 heteroatoms. The van der Waals surface area contributed by atoms with E-state index >= 15 is 0 Å². The number of hydrogen-bond donors (Lipinski definition) is 0. The van der Waals surface area contributed by atoms with Crippen LogP contribution in [0.15, 0.2) is 65.6 Å². The van der Waals surface area contributed by atoms with Crippen molar-refractivity contribution < 1.29 is 13.9 Å². The van der Waals surface area contributed by atoms with Crippen LogP contribution in [0.4, 0.5) is 0 Å². The molecule has 0 radical (unpaired) electrons. The number of oxazole rings is 1. The number of ether oxygens (including phenoxy) is 1. The van der Waals surface area contributed by atoms with Crippen molar-refractivity contribution in [1.29, 1.82) is 0 Å². The molecule has 7 nitrogen and oxygen atoms in total. The fourth-order valence-corrected chi connectivity index (χ4v) is 2.28. The van der Waals surface area contributed by atoms with Gasteiger partial charge in [0.25, 0.3) is 0 Å². The summed E-state index contributed by atoms with van der Waals surface area (Å²) < 4.78 is 12.4. The van der Waals surface area contributed by atoms with Gasteiger partial charge in [-0.15, -0.1) is 0 Å². The summed E-state index contributed by atoms with van der Waals surface area (Å²) in [5.41, 5.74) is 2.65. The van der Waals surface area contributed by atoms with E-state index in [0.717, 1.165) is 11.2 Å². The average Bonchev–Trinajstić information content (AvgIpc) is 3.29. The smallest absolute Gasteiger partial charge is 0.338 e. The molecule has 0 atom stereocenters. The molecule has 118 valence electrons. The predicted molar refractivity (Wildman–Crippen MR) is 84.5 cm³/mol. The zero-order chi connectivity index (χ0) is 16.4. The number of fused-ring (bicyclic) bond motifs is 1. The third-order valence-electron chi connectivity index (χ3n) is 3.45. The van der Waals surface area contributed by atoms with Crippen LogP contribution < -0.4 is 0 Å². The second kappa shape index (κ2) is 5.96. The van der Waals surface area contributed by atoms with Crippen molar-refractivity contribution in [2.75, 3.05) is 0 Å². The number of nitrogens with zero attached hydrogens (tertiary/aromatic N) is 4. The maximum absolute atomic E-state index is 12.1. The number of esters is 1. The molecule has 4 aromatic rings. The van der Waals surface area contributed by atoms with Gasteiger partial charge in [0.15, 0.2) is 12.2 Å². The van der Waals surface area contributed by atoms with Crippen LogP contribution in [-0.4, -0.2) is 25.7 Å². The lowest BCUT2D eigenvalue weighted by atomic mass is 10.2. The van der Waals surface area contributed by atoms with E-state index in [1.54, 1.807) is 35.3 Å². The van der Waals surface area contributed by atoms with Crippen LogP contribution in [-0.2, 0) is 11.3 Å². The van der Waals surface area contributed by atoms with Crippen molar-refractivity contribution >= 4 is 17.1 Å². The number of rotatable bonds is 4. The Balaban J connectivity index is 1.44. The normalized spacial score (nSPS) is 10.8. The van der Waals surface area contributed by atoms with E-state index in [1.165, 1.54) is 6.33 Å². The van der Waals surface area contributed by atoms with Crippen molar-refractivity contribution in [3.63, 3.8) is 0 Å². The number of carbonyl (C=O) groups is 1. The van der Waals surface area contributed by atoms with Gasteiger partial charge in [-0.3, -0.25) is 0 Å². The summed E-state index contributed by atoms with van der Waals surface area (Å²) in [6.45, 7) is -0.0155. The molecule has 0 fully saturated rings. The highest BCUT2D eigenvalue weighted by atomic mass is 16.5. The lowest BCUT2D eigenvalue weighted by Gasteiger charge is -2.04. The van der Waals surface area contributed by atoms with Gasteiger partial charge in [-0.1, -0.05) is 12.1 Å². The Labute approximate surface area is 136 Å². The van der Waals surface area contributed by atoms with Gasteiger partial charge in [0.2, 0.25) is 5.89 Å². The Morgan fingerprint density at radius 2 is 1.96 bits per heavy atom. The summed E-state index contributed by atoms with van der Waals surface area (Å²) in [4.78, 5) is 20.2. The molecule has 0 bridgehead atoms. The van der Waals surface area contributed by atoms with Crippen LogP contribution in [0, 0.1) is 0 Å². The molecule has 0 unspecified atom stereocenters. The molecule has 0 N–H and O–H groups in total. The van der Waals surface area contributed by atoms with E-state index in [-0.39, 0.29) is 6.61 Å². The summed E-state index contributed by atoms with van der Waals surface area (Å²) in [6.07, 6.45) is 3.03. The van der Waals surface area contributed by atoms with Gasteiger partial charge in [0.1, 0.15) is 18.2 Å². The van der Waals surface area contributed by atoms with Crippen molar-refractivity contribution in [3.8, 4) is 5.69 Å². The summed E-state index contributed by atoms with van der Waals surface area (Å²) in [5, 5.41) is 4.03. The molecule has 0 aliphatic carbocycles. The zero-order valence-electron chi connectivity index (χ0n) is 12.5. The van der Waals surface area contributed by atoms with Gasteiger partial charge in [-0.2, -0.15) is 5.10 Å². The summed E-state index contributed by atoms with van der Waals surface area (Å²) in [5.74, 6) is -0.0776. The molecule has 4 rings (SSSR count). The van der Waals surface area contributed by atoms with E-state index in [9.17, 15) is 4.79 Å². The third kappa shape index (κ3) is 2.74. The topological polar surface area (TPSA) is 83.0 Å². The van der Waals surface area contributed by atoms with Crippen LogP contribution in [0.2, 0.25) is 0 Å². The maximum Gasteiger partial charge on any atom is 0.338 e. The molecule has 2 aromatic heterocycles. The van der Waals surface area contributed by atoms with E-state index in [1.807, 2.05) is 24.3 Å². The zero-order valence-corrected chi connectivity index (χ0v) is 12.5. The minimum absolute atomic E-state index is 0.0155. The Kier molecular flexibility index (Phi) is 3.51. The third-order valence-corrected chi connectivity index (χ3v) is 3.45. The van der Waals surface area contributed by atoms with Crippen molar-refractivity contribution in [3.05, 3.63) is 72.6 Å². The van der Waals surface area contributed by atoms with Crippen LogP contribution in [0.1, 0.15) is 16.2 Å². The fourth-order valence-electron chi connectivity index (χ4n) is 2.28. The lowest BCUT2D eigenvalue weighted by Crippen LogP contribution is -2.06. The molecule has 0 spiro atoms. The second-order valence-corrected chi connectivity index (χ2v) is 5.04. The number of para-hydroxylation sites is 2. The minimum atomic E-state index is -0.442. The van der Waals surface area contributed by atoms with Gasteiger partial charge in [-0.05, 0) is 36.4 Å². The molecule has 0 amide bonds. The van der Waals surface area contributed by atoms with Gasteiger partial charge in [0.05, 0.1) is 11.3 Å². The molecule has 0 aliphatic heterocycles. The SMILES string of the molecule is O=C(OCc1nc2ccccc2o1)c1ccc(-n2cncn2)cc1. The molecule has 0 saturated heterocycles. The Morgan fingerprint density at radius 3 is 2.71 bits per heavy atom. The molecule has 0 aliphatic rings. The summed E-state index contributed by atoms with van der Waals surface area (Å²) in [7, 11) is 0.